The molecular formula is C15H21NO2. The third-order valence-electron chi connectivity index (χ3n) is 2.94. The lowest BCUT2D eigenvalue weighted by Gasteiger charge is -2.24. The van der Waals surface area contributed by atoms with E-state index in [1.165, 1.54) is 0 Å². The Morgan fingerprint density at radius 3 is 2.28 bits per heavy atom. The molecule has 0 heterocycles. The molecule has 3 heteroatoms. The van der Waals surface area contributed by atoms with Gasteiger partial charge in [-0.15, -0.1) is 0 Å². The third-order valence-corrected chi connectivity index (χ3v) is 2.94. The SMILES string of the molecule is COc1ccc([C@@H](C)N(C)C(=O)C=C(C)C)cc1. The number of nitrogens with zero attached hydrogens (tertiary/aromatic N) is 1. The Morgan fingerprint density at radius 1 is 1.28 bits per heavy atom. The van der Waals surface area contributed by atoms with Gasteiger partial charge in [0, 0.05) is 13.1 Å². The molecule has 0 aliphatic carbocycles. The van der Waals surface area contributed by atoms with Gasteiger partial charge in [0.25, 0.3) is 0 Å². The van der Waals surface area contributed by atoms with Gasteiger partial charge in [0.2, 0.25) is 5.91 Å². The Bertz CT molecular complexity index is 430. The lowest BCUT2D eigenvalue weighted by Crippen LogP contribution is -2.28. The minimum Gasteiger partial charge on any atom is -0.497 e. The number of benzene rings is 1. The average molecular weight is 247 g/mol. The van der Waals surface area contributed by atoms with E-state index >= 15 is 0 Å². The number of allylic oxidation sites excluding steroid dienone is 1. The van der Waals surface area contributed by atoms with Crippen LogP contribution in [0.5, 0.6) is 5.75 Å². The summed E-state index contributed by atoms with van der Waals surface area (Å²) >= 11 is 0. The summed E-state index contributed by atoms with van der Waals surface area (Å²) in [6.07, 6.45) is 1.65. The van der Waals surface area contributed by atoms with Crippen LogP contribution in [0.4, 0.5) is 0 Å². The van der Waals surface area contributed by atoms with Gasteiger partial charge in [0.1, 0.15) is 5.75 Å². The molecule has 0 unspecified atom stereocenters. The molecule has 1 aromatic carbocycles. The molecule has 1 rings (SSSR count). The summed E-state index contributed by atoms with van der Waals surface area (Å²) in [5, 5.41) is 0. The highest BCUT2D eigenvalue weighted by atomic mass is 16.5. The fourth-order valence-corrected chi connectivity index (χ4v) is 1.65. The van der Waals surface area contributed by atoms with Gasteiger partial charge in [0.15, 0.2) is 0 Å². The van der Waals surface area contributed by atoms with E-state index in [9.17, 15) is 4.79 Å². The zero-order valence-corrected chi connectivity index (χ0v) is 11.7. The normalized spacial score (nSPS) is 11.6. The Labute approximate surface area is 109 Å². The molecule has 18 heavy (non-hydrogen) atoms. The molecule has 98 valence electrons. The van der Waals surface area contributed by atoms with E-state index < -0.39 is 0 Å². The van der Waals surface area contributed by atoms with Crippen molar-refractivity contribution in [1.82, 2.24) is 4.90 Å². The van der Waals surface area contributed by atoms with Crippen molar-refractivity contribution in [2.45, 2.75) is 26.8 Å². The number of carbonyl (C=O) groups is 1. The Balaban J connectivity index is 2.82. The molecule has 1 atom stereocenters. The smallest absolute Gasteiger partial charge is 0.246 e. The number of methoxy groups -OCH3 is 1. The van der Waals surface area contributed by atoms with Crippen LogP contribution in [0.3, 0.4) is 0 Å². The van der Waals surface area contributed by atoms with Crippen LogP contribution < -0.4 is 4.74 Å². The third kappa shape index (κ3) is 3.62. The Morgan fingerprint density at radius 2 is 1.83 bits per heavy atom. The lowest BCUT2D eigenvalue weighted by molar-refractivity contribution is -0.126. The first-order valence-corrected chi connectivity index (χ1v) is 6.01. The predicted octanol–water partition coefficient (Wildman–Crippen LogP) is 3.18. The number of hydrogen-bond acceptors (Lipinski definition) is 2. The van der Waals surface area contributed by atoms with Gasteiger partial charge in [0.05, 0.1) is 13.2 Å². The van der Waals surface area contributed by atoms with Crippen molar-refractivity contribution in [2.75, 3.05) is 14.2 Å². The summed E-state index contributed by atoms with van der Waals surface area (Å²) in [6, 6.07) is 7.82. The first-order chi connectivity index (χ1) is 8.45. The van der Waals surface area contributed by atoms with E-state index in [0.717, 1.165) is 16.9 Å². The number of amides is 1. The summed E-state index contributed by atoms with van der Waals surface area (Å²) in [6.45, 7) is 5.85. The zero-order chi connectivity index (χ0) is 13.7. The number of hydrogen-bond donors (Lipinski definition) is 0. The van der Waals surface area contributed by atoms with Gasteiger partial charge >= 0.3 is 0 Å². The summed E-state index contributed by atoms with van der Waals surface area (Å²) in [4.78, 5) is 13.6. The molecule has 0 aromatic heterocycles. The number of ether oxygens (including phenoxy) is 1. The second kappa shape index (κ2) is 6.24. The van der Waals surface area contributed by atoms with Crippen molar-refractivity contribution >= 4 is 5.91 Å². The summed E-state index contributed by atoms with van der Waals surface area (Å²) < 4.78 is 5.12. The number of rotatable bonds is 4. The van der Waals surface area contributed by atoms with E-state index in [0.29, 0.717) is 0 Å². The molecule has 0 saturated carbocycles. The number of likely N-dealkylation sites (N-methyl/N-ethyl adjacent to an activating group) is 1. The van der Waals surface area contributed by atoms with Crippen LogP contribution in [0.25, 0.3) is 0 Å². The highest BCUT2D eigenvalue weighted by molar-refractivity contribution is 5.88. The van der Waals surface area contributed by atoms with E-state index in [-0.39, 0.29) is 11.9 Å². The van der Waals surface area contributed by atoms with Gasteiger partial charge in [-0.3, -0.25) is 4.79 Å². The molecule has 3 nitrogen and oxygen atoms in total. The first kappa shape index (κ1) is 14.3. The van der Waals surface area contributed by atoms with Gasteiger partial charge in [-0.2, -0.15) is 0 Å². The van der Waals surface area contributed by atoms with E-state index in [1.54, 1.807) is 18.1 Å². The van der Waals surface area contributed by atoms with Crippen molar-refractivity contribution in [3.8, 4) is 5.75 Å². The molecule has 0 fully saturated rings. The summed E-state index contributed by atoms with van der Waals surface area (Å²) in [5.41, 5.74) is 2.10. The second-order valence-electron chi connectivity index (χ2n) is 4.62. The average Bonchev–Trinajstić information content (AvgIpc) is 2.36. The minimum absolute atomic E-state index is 0.0262. The van der Waals surface area contributed by atoms with Gasteiger partial charge in [-0.1, -0.05) is 17.7 Å². The molecule has 0 saturated heterocycles. The molecule has 0 spiro atoms. The van der Waals surface area contributed by atoms with Crippen molar-refractivity contribution in [1.29, 1.82) is 0 Å². The van der Waals surface area contributed by atoms with Crippen LogP contribution in [0.2, 0.25) is 0 Å². The minimum atomic E-state index is 0.0262. The lowest BCUT2D eigenvalue weighted by atomic mass is 10.1. The summed E-state index contributed by atoms with van der Waals surface area (Å²) in [7, 11) is 3.46. The van der Waals surface area contributed by atoms with Crippen LogP contribution in [0.15, 0.2) is 35.9 Å². The Hall–Kier alpha value is -1.77. The quantitative estimate of drug-likeness (QED) is 0.765. The Kier molecular flexibility index (Phi) is 4.95. The zero-order valence-electron chi connectivity index (χ0n) is 11.7. The van der Waals surface area contributed by atoms with Crippen LogP contribution in [0, 0.1) is 0 Å². The molecular weight excluding hydrogens is 226 g/mol. The standard InChI is InChI=1S/C15H21NO2/c1-11(2)10-15(17)16(4)12(3)13-6-8-14(18-5)9-7-13/h6-10,12H,1-5H3/t12-/m1/s1. The van der Waals surface area contributed by atoms with Crippen LogP contribution >= 0.6 is 0 Å². The monoisotopic (exact) mass is 247 g/mol. The maximum absolute atomic E-state index is 11.9. The molecule has 0 bridgehead atoms. The van der Waals surface area contributed by atoms with E-state index in [1.807, 2.05) is 52.1 Å². The van der Waals surface area contributed by atoms with E-state index in [2.05, 4.69) is 0 Å². The van der Waals surface area contributed by atoms with Crippen molar-refractivity contribution in [3.05, 3.63) is 41.5 Å². The van der Waals surface area contributed by atoms with Crippen molar-refractivity contribution in [3.63, 3.8) is 0 Å². The molecule has 0 aliphatic rings. The van der Waals surface area contributed by atoms with Crippen molar-refractivity contribution in [2.24, 2.45) is 0 Å². The fourth-order valence-electron chi connectivity index (χ4n) is 1.65. The topological polar surface area (TPSA) is 29.5 Å². The van der Waals surface area contributed by atoms with Crippen LogP contribution in [0.1, 0.15) is 32.4 Å². The van der Waals surface area contributed by atoms with Gasteiger partial charge in [-0.05, 0) is 38.5 Å². The fraction of sp³-hybridized carbons (Fsp3) is 0.400. The molecule has 0 aliphatic heterocycles. The molecule has 0 N–H and O–H groups in total. The van der Waals surface area contributed by atoms with Gasteiger partial charge < -0.3 is 9.64 Å². The maximum Gasteiger partial charge on any atom is 0.246 e. The predicted molar refractivity (Wildman–Crippen MR) is 73.6 cm³/mol. The highest BCUT2D eigenvalue weighted by Gasteiger charge is 2.15. The first-order valence-electron chi connectivity index (χ1n) is 6.01. The van der Waals surface area contributed by atoms with Gasteiger partial charge in [-0.25, -0.2) is 0 Å². The van der Waals surface area contributed by atoms with E-state index in [4.69, 9.17) is 4.74 Å². The highest BCUT2D eigenvalue weighted by Crippen LogP contribution is 2.21. The largest absolute Gasteiger partial charge is 0.497 e. The number of carbonyl (C=O) groups excluding carboxylic acids is 1. The molecule has 1 aromatic rings. The van der Waals surface area contributed by atoms with Crippen LogP contribution in [-0.2, 0) is 4.79 Å². The molecule has 1 amide bonds. The molecule has 0 radical (unpaired) electrons. The summed E-state index contributed by atoms with van der Waals surface area (Å²) in [5.74, 6) is 0.850. The maximum atomic E-state index is 11.9. The van der Waals surface area contributed by atoms with Crippen LogP contribution in [-0.4, -0.2) is 25.0 Å². The van der Waals surface area contributed by atoms with Crippen molar-refractivity contribution < 1.29 is 9.53 Å². The second-order valence-corrected chi connectivity index (χ2v) is 4.62.